The highest BCUT2D eigenvalue weighted by Gasteiger charge is 2.53. The number of nitrogens with one attached hydrogen (secondary N) is 1. The van der Waals surface area contributed by atoms with Crippen molar-refractivity contribution in [3.63, 3.8) is 0 Å². The summed E-state index contributed by atoms with van der Waals surface area (Å²) in [5.41, 5.74) is 1.60. The third kappa shape index (κ3) is 2.95. The Morgan fingerprint density at radius 1 is 1.23 bits per heavy atom. The predicted octanol–water partition coefficient (Wildman–Crippen LogP) is 1.95. The lowest BCUT2D eigenvalue weighted by Gasteiger charge is -2.18. The molecule has 6 nitrogen and oxygen atoms in total. The first-order valence-corrected chi connectivity index (χ1v) is 7.06. The fourth-order valence-corrected chi connectivity index (χ4v) is 2.47. The molecule has 6 heteroatoms. The van der Waals surface area contributed by atoms with E-state index in [1.807, 2.05) is 42.5 Å². The van der Waals surface area contributed by atoms with Crippen LogP contribution in [0.4, 0.5) is 0 Å². The third-order valence-electron chi connectivity index (χ3n) is 3.77. The number of hydrogen-bond donors (Lipinski definition) is 1. The number of carbonyl (C=O) groups excluding carboxylic acids is 1. The van der Waals surface area contributed by atoms with Crippen LogP contribution in [0.25, 0.3) is 0 Å². The molecule has 1 fully saturated rings. The third-order valence-corrected chi connectivity index (χ3v) is 3.77. The quantitative estimate of drug-likeness (QED) is 0.675. The highest BCUT2D eigenvalue weighted by Crippen LogP contribution is 2.34. The second-order valence-electron chi connectivity index (χ2n) is 5.30. The zero-order valence-corrected chi connectivity index (χ0v) is 11.8. The number of pyridine rings is 1. The molecule has 0 unspecified atom stereocenters. The summed E-state index contributed by atoms with van der Waals surface area (Å²) in [5.74, 6) is -0.828. The number of carbonyl (C=O) groups is 1. The van der Waals surface area contributed by atoms with Crippen LogP contribution in [0.5, 0.6) is 0 Å². The van der Waals surface area contributed by atoms with Crippen LogP contribution in [0.3, 0.4) is 0 Å². The molecule has 1 aromatic heterocycles. The van der Waals surface area contributed by atoms with E-state index in [0.29, 0.717) is 12.1 Å². The molecule has 1 aliphatic carbocycles. The van der Waals surface area contributed by atoms with Crippen LogP contribution >= 0.6 is 0 Å². The molecule has 0 bridgehead atoms. The molecule has 1 aliphatic rings. The summed E-state index contributed by atoms with van der Waals surface area (Å²) in [6, 6.07) is 13.8. The van der Waals surface area contributed by atoms with Crippen LogP contribution in [0.2, 0.25) is 0 Å². The Hall–Kier alpha value is -2.76. The van der Waals surface area contributed by atoms with Gasteiger partial charge in [0, 0.05) is 17.5 Å². The summed E-state index contributed by atoms with van der Waals surface area (Å²) in [4.78, 5) is 26.9. The molecule has 1 amide bonds. The van der Waals surface area contributed by atoms with Crippen molar-refractivity contribution < 1.29 is 9.72 Å². The van der Waals surface area contributed by atoms with Gasteiger partial charge in [0.1, 0.15) is 5.92 Å². The molecule has 22 heavy (non-hydrogen) atoms. The predicted molar refractivity (Wildman–Crippen MR) is 79.6 cm³/mol. The number of hydrogen-bond acceptors (Lipinski definition) is 4. The zero-order chi connectivity index (χ0) is 15.5. The highest BCUT2D eigenvalue weighted by atomic mass is 16.6. The van der Waals surface area contributed by atoms with Gasteiger partial charge in [0.05, 0.1) is 11.7 Å². The van der Waals surface area contributed by atoms with Crippen molar-refractivity contribution in [1.29, 1.82) is 0 Å². The van der Waals surface area contributed by atoms with E-state index in [-0.39, 0.29) is 10.8 Å². The summed E-state index contributed by atoms with van der Waals surface area (Å²) in [7, 11) is 0. The first kappa shape index (κ1) is 14.2. The van der Waals surface area contributed by atoms with Gasteiger partial charge in [0.15, 0.2) is 0 Å². The van der Waals surface area contributed by atoms with Crippen LogP contribution in [-0.2, 0) is 4.79 Å². The standard InChI is InChI=1S/C16H15N3O3/c20-16(12-10-14(12)19(21)22)18-15(11-6-2-1-3-7-11)13-8-4-5-9-17-13/h1-9,12,14-15H,10H2,(H,18,20)/t12-,14-,15-/m1/s1. The van der Waals surface area contributed by atoms with E-state index < -0.39 is 18.0 Å². The Morgan fingerprint density at radius 2 is 1.95 bits per heavy atom. The molecule has 0 saturated heterocycles. The molecule has 0 aliphatic heterocycles. The molecule has 2 aromatic rings. The summed E-state index contributed by atoms with van der Waals surface area (Å²) < 4.78 is 0. The van der Waals surface area contributed by atoms with Crippen molar-refractivity contribution in [3.05, 3.63) is 76.1 Å². The monoisotopic (exact) mass is 297 g/mol. The molecule has 112 valence electrons. The minimum absolute atomic E-state index is 0.291. The van der Waals surface area contributed by atoms with Crippen LogP contribution < -0.4 is 5.32 Å². The number of nitrogens with zero attached hydrogens (tertiary/aromatic N) is 2. The zero-order valence-electron chi connectivity index (χ0n) is 11.8. The lowest BCUT2D eigenvalue weighted by molar-refractivity contribution is -0.497. The molecule has 1 heterocycles. The van der Waals surface area contributed by atoms with Gasteiger partial charge >= 0.3 is 0 Å². The summed E-state index contributed by atoms with van der Waals surface area (Å²) in [6.45, 7) is 0. The summed E-state index contributed by atoms with van der Waals surface area (Å²) in [5, 5.41) is 13.6. The van der Waals surface area contributed by atoms with E-state index in [1.54, 1.807) is 12.3 Å². The lowest BCUT2D eigenvalue weighted by atomic mass is 10.0. The van der Waals surface area contributed by atoms with Crippen LogP contribution in [0, 0.1) is 16.0 Å². The minimum atomic E-state index is -0.750. The van der Waals surface area contributed by atoms with Crippen LogP contribution in [-0.4, -0.2) is 21.9 Å². The Balaban J connectivity index is 1.81. The summed E-state index contributed by atoms with van der Waals surface area (Å²) >= 11 is 0. The van der Waals surface area contributed by atoms with Crippen LogP contribution in [0.15, 0.2) is 54.7 Å². The highest BCUT2D eigenvalue weighted by molar-refractivity contribution is 5.82. The SMILES string of the molecule is O=C(N[C@H](c1ccccc1)c1ccccn1)[C@@H]1C[C@H]1[N+](=O)[O-]. The van der Waals surface area contributed by atoms with Crippen molar-refractivity contribution >= 4 is 5.91 Å². The molecule has 3 atom stereocenters. The number of nitro groups is 1. The van der Waals surface area contributed by atoms with Gasteiger partial charge in [-0.1, -0.05) is 36.4 Å². The largest absolute Gasteiger partial charge is 0.343 e. The second-order valence-corrected chi connectivity index (χ2v) is 5.30. The fraction of sp³-hybridized carbons (Fsp3) is 0.250. The van der Waals surface area contributed by atoms with Crippen molar-refractivity contribution in [2.24, 2.45) is 5.92 Å². The van der Waals surface area contributed by atoms with Gasteiger partial charge in [-0.15, -0.1) is 0 Å². The van der Waals surface area contributed by atoms with Crippen molar-refractivity contribution in [3.8, 4) is 0 Å². The van der Waals surface area contributed by atoms with E-state index in [0.717, 1.165) is 5.56 Å². The topological polar surface area (TPSA) is 85.1 Å². The Bertz CT molecular complexity index is 636. The van der Waals surface area contributed by atoms with Gasteiger partial charge in [0.2, 0.25) is 11.9 Å². The second kappa shape index (κ2) is 5.93. The lowest BCUT2D eigenvalue weighted by Crippen LogP contribution is -2.32. The maximum absolute atomic E-state index is 12.2. The number of aromatic nitrogens is 1. The molecule has 3 rings (SSSR count). The molecule has 1 saturated carbocycles. The average Bonchev–Trinajstić information content (AvgIpc) is 3.35. The van der Waals surface area contributed by atoms with Crippen LogP contribution in [0.1, 0.15) is 23.7 Å². The van der Waals surface area contributed by atoms with Crippen molar-refractivity contribution in [2.75, 3.05) is 0 Å². The maximum Gasteiger partial charge on any atom is 0.231 e. The molecule has 1 aromatic carbocycles. The molecular formula is C16H15N3O3. The minimum Gasteiger partial charge on any atom is -0.343 e. The molecule has 0 radical (unpaired) electrons. The van der Waals surface area contributed by atoms with E-state index in [9.17, 15) is 14.9 Å². The van der Waals surface area contributed by atoms with Gasteiger partial charge in [-0.2, -0.15) is 0 Å². The van der Waals surface area contributed by atoms with Gasteiger partial charge in [-0.25, -0.2) is 0 Å². The van der Waals surface area contributed by atoms with Gasteiger partial charge < -0.3 is 5.32 Å². The Morgan fingerprint density at radius 3 is 2.55 bits per heavy atom. The van der Waals surface area contributed by atoms with Crippen molar-refractivity contribution in [1.82, 2.24) is 10.3 Å². The van der Waals surface area contributed by atoms with E-state index in [1.165, 1.54) is 0 Å². The van der Waals surface area contributed by atoms with Gasteiger partial charge in [0.25, 0.3) is 0 Å². The molecular weight excluding hydrogens is 282 g/mol. The first-order chi connectivity index (χ1) is 10.7. The number of rotatable bonds is 5. The number of benzene rings is 1. The van der Waals surface area contributed by atoms with Gasteiger partial charge in [-0.05, 0) is 17.7 Å². The fourth-order valence-electron chi connectivity index (χ4n) is 2.47. The smallest absolute Gasteiger partial charge is 0.231 e. The first-order valence-electron chi connectivity index (χ1n) is 7.06. The Kier molecular flexibility index (Phi) is 3.82. The summed E-state index contributed by atoms with van der Waals surface area (Å²) in [6.07, 6.45) is 1.97. The Labute approximate surface area is 127 Å². The van der Waals surface area contributed by atoms with E-state index in [2.05, 4.69) is 10.3 Å². The van der Waals surface area contributed by atoms with E-state index >= 15 is 0 Å². The van der Waals surface area contributed by atoms with Crippen molar-refractivity contribution in [2.45, 2.75) is 18.5 Å². The molecule has 0 spiro atoms. The normalized spacial score (nSPS) is 20.9. The average molecular weight is 297 g/mol. The number of amides is 1. The molecule has 1 N–H and O–H groups in total. The maximum atomic E-state index is 12.2. The van der Waals surface area contributed by atoms with E-state index in [4.69, 9.17) is 0 Å². The van der Waals surface area contributed by atoms with Gasteiger partial charge in [-0.3, -0.25) is 19.9 Å².